The van der Waals surface area contributed by atoms with E-state index in [9.17, 15) is 9.59 Å². The van der Waals surface area contributed by atoms with Crippen molar-refractivity contribution in [1.82, 2.24) is 10.2 Å². The Morgan fingerprint density at radius 2 is 1.76 bits per heavy atom. The molecular weight excluding hydrogens is 523 g/mol. The molecule has 1 aliphatic rings. The van der Waals surface area contributed by atoms with Gasteiger partial charge in [-0.3, -0.25) is 9.59 Å². The van der Waals surface area contributed by atoms with E-state index in [2.05, 4.69) is 12.2 Å². The van der Waals surface area contributed by atoms with Gasteiger partial charge in [0.15, 0.2) is 11.5 Å². The molecule has 200 valence electrons. The maximum Gasteiger partial charge on any atom is 0.243 e. The third-order valence-electron chi connectivity index (χ3n) is 6.52. The molecule has 1 aliphatic heterocycles. The van der Waals surface area contributed by atoms with Gasteiger partial charge in [0, 0.05) is 36.0 Å². The summed E-state index contributed by atoms with van der Waals surface area (Å²) in [5.41, 5.74) is 2.66. The zero-order chi connectivity index (χ0) is 26.9. The van der Waals surface area contributed by atoms with Gasteiger partial charge in [-0.15, -0.1) is 0 Å². The van der Waals surface area contributed by atoms with Crippen LogP contribution in [0.3, 0.4) is 0 Å². The van der Waals surface area contributed by atoms with Gasteiger partial charge in [0.1, 0.15) is 6.04 Å². The summed E-state index contributed by atoms with van der Waals surface area (Å²) in [7, 11) is 0. The van der Waals surface area contributed by atoms with Gasteiger partial charge in [-0.1, -0.05) is 79.0 Å². The van der Waals surface area contributed by atoms with E-state index in [-0.39, 0.29) is 31.6 Å². The number of ether oxygens (including phenoxy) is 2. The highest BCUT2D eigenvalue weighted by atomic mass is 35.5. The Morgan fingerprint density at radius 1 is 0.974 bits per heavy atom. The molecule has 3 aromatic carbocycles. The molecule has 0 radical (unpaired) electrons. The van der Waals surface area contributed by atoms with Crippen LogP contribution in [0.4, 0.5) is 0 Å². The third kappa shape index (κ3) is 7.42. The topological polar surface area (TPSA) is 67.9 Å². The summed E-state index contributed by atoms with van der Waals surface area (Å²) >= 11 is 12.6. The molecular formula is C30H32Cl2N2O4. The molecule has 3 aromatic rings. The standard InChI is InChI=1S/C30H32Cl2N2O4/c1-2-3-15-33-30(36)26(16-21-7-5-4-6-8-21)34(19-23-11-12-24(31)18-25(23)32)29(35)14-10-22-9-13-27-28(17-22)38-20-37-27/h4-9,11-13,17-18,26H,2-3,10,14-16,19-20H2,1H3,(H,33,36)/t26-/m1/s1. The second-order valence-electron chi connectivity index (χ2n) is 9.30. The largest absolute Gasteiger partial charge is 0.454 e. The SMILES string of the molecule is CCCCNC(=O)[C@@H](Cc1ccccc1)N(Cc1ccc(Cl)cc1Cl)C(=O)CCc1ccc2c(c1)OCO2. The molecule has 0 saturated carbocycles. The molecule has 8 heteroatoms. The Bertz CT molecular complexity index is 1250. The molecule has 38 heavy (non-hydrogen) atoms. The van der Waals surface area contributed by atoms with Crippen molar-refractivity contribution < 1.29 is 19.1 Å². The van der Waals surface area contributed by atoms with Gasteiger partial charge in [0.2, 0.25) is 18.6 Å². The van der Waals surface area contributed by atoms with Crippen molar-refractivity contribution in [3.05, 3.63) is 93.5 Å². The van der Waals surface area contributed by atoms with Crippen molar-refractivity contribution in [2.75, 3.05) is 13.3 Å². The van der Waals surface area contributed by atoms with Crippen LogP contribution in [-0.4, -0.2) is 36.1 Å². The highest BCUT2D eigenvalue weighted by Gasteiger charge is 2.30. The Balaban J connectivity index is 1.60. The van der Waals surface area contributed by atoms with Crippen LogP contribution in [0.25, 0.3) is 0 Å². The summed E-state index contributed by atoms with van der Waals surface area (Å²) < 4.78 is 10.9. The monoisotopic (exact) mass is 554 g/mol. The van der Waals surface area contributed by atoms with Crippen LogP contribution in [0.1, 0.15) is 42.9 Å². The van der Waals surface area contributed by atoms with Gasteiger partial charge in [-0.25, -0.2) is 0 Å². The average Bonchev–Trinajstić information content (AvgIpc) is 3.39. The minimum absolute atomic E-state index is 0.139. The molecule has 1 atom stereocenters. The number of benzene rings is 3. The van der Waals surface area contributed by atoms with E-state index < -0.39 is 6.04 Å². The molecule has 2 amide bonds. The molecule has 1 heterocycles. The van der Waals surface area contributed by atoms with Crippen LogP contribution < -0.4 is 14.8 Å². The molecule has 0 aromatic heterocycles. The minimum atomic E-state index is -0.703. The Kier molecular flexibility index (Phi) is 9.91. The summed E-state index contributed by atoms with van der Waals surface area (Å²) in [5.74, 6) is 1.06. The lowest BCUT2D eigenvalue weighted by Crippen LogP contribution is -2.50. The smallest absolute Gasteiger partial charge is 0.243 e. The summed E-state index contributed by atoms with van der Waals surface area (Å²) in [6, 6.07) is 19.9. The van der Waals surface area contributed by atoms with Gasteiger partial charge < -0.3 is 19.7 Å². The quantitative estimate of drug-likeness (QED) is 0.270. The fourth-order valence-electron chi connectivity index (χ4n) is 4.38. The first kappa shape index (κ1) is 27.8. The van der Waals surface area contributed by atoms with Crippen molar-refractivity contribution in [2.45, 2.75) is 51.6 Å². The van der Waals surface area contributed by atoms with E-state index in [1.165, 1.54) is 0 Å². The van der Waals surface area contributed by atoms with Crippen molar-refractivity contribution in [3.63, 3.8) is 0 Å². The fourth-order valence-corrected chi connectivity index (χ4v) is 4.85. The highest BCUT2D eigenvalue weighted by Crippen LogP contribution is 2.33. The van der Waals surface area contributed by atoms with Crippen LogP contribution in [0, 0.1) is 0 Å². The van der Waals surface area contributed by atoms with Gasteiger partial charge >= 0.3 is 0 Å². The molecule has 1 N–H and O–H groups in total. The molecule has 4 rings (SSSR count). The lowest BCUT2D eigenvalue weighted by atomic mass is 10.0. The number of amides is 2. The van der Waals surface area contributed by atoms with Gasteiger partial charge in [0.25, 0.3) is 0 Å². The van der Waals surface area contributed by atoms with Crippen LogP contribution in [-0.2, 0) is 29.0 Å². The number of nitrogens with zero attached hydrogens (tertiary/aromatic N) is 1. The zero-order valence-electron chi connectivity index (χ0n) is 21.4. The highest BCUT2D eigenvalue weighted by molar-refractivity contribution is 6.35. The van der Waals surface area contributed by atoms with E-state index in [1.807, 2.05) is 48.5 Å². The van der Waals surface area contributed by atoms with E-state index in [0.717, 1.165) is 29.5 Å². The summed E-state index contributed by atoms with van der Waals surface area (Å²) in [4.78, 5) is 29.0. The Morgan fingerprint density at radius 3 is 2.53 bits per heavy atom. The summed E-state index contributed by atoms with van der Waals surface area (Å²) in [6.45, 7) is 3.01. The first-order valence-corrected chi connectivity index (χ1v) is 13.6. The number of aryl methyl sites for hydroxylation is 1. The molecule has 6 nitrogen and oxygen atoms in total. The third-order valence-corrected chi connectivity index (χ3v) is 7.11. The molecule has 0 saturated heterocycles. The zero-order valence-corrected chi connectivity index (χ0v) is 22.9. The Labute approximate surface area is 233 Å². The van der Waals surface area contributed by atoms with Crippen molar-refractivity contribution in [3.8, 4) is 11.5 Å². The number of nitrogens with one attached hydrogen (secondary N) is 1. The number of halogens is 2. The van der Waals surface area contributed by atoms with Crippen molar-refractivity contribution in [1.29, 1.82) is 0 Å². The number of fused-ring (bicyclic) bond motifs is 1. The van der Waals surface area contributed by atoms with E-state index in [4.69, 9.17) is 32.7 Å². The molecule has 0 aliphatic carbocycles. The lowest BCUT2D eigenvalue weighted by Gasteiger charge is -2.32. The van der Waals surface area contributed by atoms with Crippen molar-refractivity contribution >= 4 is 35.0 Å². The lowest BCUT2D eigenvalue weighted by molar-refractivity contribution is -0.141. The van der Waals surface area contributed by atoms with Crippen LogP contribution in [0.2, 0.25) is 10.0 Å². The van der Waals surface area contributed by atoms with Crippen LogP contribution in [0.5, 0.6) is 11.5 Å². The first-order chi connectivity index (χ1) is 18.4. The normalized spacial score (nSPS) is 12.7. The van der Waals surface area contributed by atoms with E-state index in [1.54, 1.807) is 23.1 Å². The Hall–Kier alpha value is -3.22. The number of unbranched alkanes of at least 4 members (excludes halogenated alkanes) is 1. The fraction of sp³-hybridized carbons (Fsp3) is 0.333. The van der Waals surface area contributed by atoms with Crippen LogP contribution >= 0.6 is 23.2 Å². The second-order valence-corrected chi connectivity index (χ2v) is 10.1. The van der Waals surface area contributed by atoms with E-state index >= 15 is 0 Å². The summed E-state index contributed by atoms with van der Waals surface area (Å²) in [6.07, 6.45) is 2.93. The average molecular weight is 556 g/mol. The number of carbonyl (C=O) groups is 2. The van der Waals surface area contributed by atoms with Gasteiger partial charge in [0.05, 0.1) is 0 Å². The van der Waals surface area contributed by atoms with E-state index in [0.29, 0.717) is 40.9 Å². The predicted molar refractivity (Wildman–Crippen MR) is 150 cm³/mol. The molecule has 0 bridgehead atoms. The summed E-state index contributed by atoms with van der Waals surface area (Å²) in [5, 5.41) is 4.00. The van der Waals surface area contributed by atoms with Crippen LogP contribution in [0.15, 0.2) is 66.7 Å². The predicted octanol–water partition coefficient (Wildman–Crippen LogP) is 6.21. The molecule has 0 fully saturated rings. The number of rotatable bonds is 12. The number of hydrogen-bond acceptors (Lipinski definition) is 4. The minimum Gasteiger partial charge on any atom is -0.454 e. The first-order valence-electron chi connectivity index (χ1n) is 12.9. The maximum absolute atomic E-state index is 13.8. The van der Waals surface area contributed by atoms with Gasteiger partial charge in [-0.2, -0.15) is 0 Å². The second kappa shape index (κ2) is 13.5. The van der Waals surface area contributed by atoms with Gasteiger partial charge in [-0.05, 0) is 53.8 Å². The van der Waals surface area contributed by atoms with Crippen molar-refractivity contribution in [2.24, 2.45) is 0 Å². The number of carbonyl (C=O) groups excluding carboxylic acids is 2. The molecule has 0 spiro atoms. The molecule has 0 unspecified atom stereocenters. The maximum atomic E-state index is 13.8. The number of hydrogen-bond donors (Lipinski definition) is 1.